The highest BCUT2D eigenvalue weighted by Crippen LogP contribution is 2.36. The van der Waals surface area contributed by atoms with E-state index in [1.165, 1.54) is 0 Å². The second-order valence-electron chi connectivity index (χ2n) is 7.61. The van der Waals surface area contributed by atoms with Crippen LogP contribution in [-0.4, -0.2) is 53.4 Å². The van der Waals surface area contributed by atoms with Crippen molar-refractivity contribution in [3.63, 3.8) is 0 Å². The highest BCUT2D eigenvalue weighted by molar-refractivity contribution is 5.59. The van der Waals surface area contributed by atoms with Crippen LogP contribution >= 0.6 is 0 Å². The lowest BCUT2D eigenvalue weighted by atomic mass is 9.80. The minimum Gasteiger partial charge on any atom is -0.383 e. The van der Waals surface area contributed by atoms with Crippen LogP contribution in [0.15, 0.2) is 72.8 Å². The van der Waals surface area contributed by atoms with Crippen molar-refractivity contribution in [1.29, 1.82) is 0 Å². The van der Waals surface area contributed by atoms with Gasteiger partial charge in [0, 0.05) is 18.7 Å². The Kier molecular flexibility index (Phi) is 5.11. The highest BCUT2D eigenvalue weighted by atomic mass is 16.3. The third-order valence-corrected chi connectivity index (χ3v) is 5.65. The molecule has 0 aliphatic carbocycles. The standard InChI is InChI=1S/C23H26N4O/c1-26(2)21-17-27(16-15-23(21,28)19-11-7-4-8-12-19)22-14-13-20(24-25-22)18-9-5-3-6-10-18/h3-14,21,28H,15-17H2,1-2H3/t21-,23+/m1/s1. The first-order valence-corrected chi connectivity index (χ1v) is 9.66. The lowest BCUT2D eigenvalue weighted by Gasteiger charge is -2.47. The van der Waals surface area contributed by atoms with Crippen molar-refractivity contribution in [1.82, 2.24) is 15.1 Å². The Balaban J connectivity index is 1.56. The van der Waals surface area contributed by atoms with Gasteiger partial charge in [0.05, 0.1) is 11.7 Å². The summed E-state index contributed by atoms with van der Waals surface area (Å²) >= 11 is 0. The molecule has 0 radical (unpaired) electrons. The average Bonchev–Trinajstić information content (AvgIpc) is 2.75. The lowest BCUT2D eigenvalue weighted by molar-refractivity contribution is -0.0527. The maximum Gasteiger partial charge on any atom is 0.151 e. The maximum absolute atomic E-state index is 11.5. The first-order valence-electron chi connectivity index (χ1n) is 9.66. The molecule has 3 aromatic rings. The van der Waals surface area contributed by atoms with Crippen LogP contribution in [0.3, 0.4) is 0 Å². The van der Waals surface area contributed by atoms with E-state index in [1.807, 2.05) is 86.9 Å². The number of likely N-dealkylation sites (N-methyl/N-ethyl adjacent to an activating group) is 1. The van der Waals surface area contributed by atoms with E-state index in [4.69, 9.17) is 0 Å². The zero-order valence-electron chi connectivity index (χ0n) is 16.4. The van der Waals surface area contributed by atoms with Gasteiger partial charge in [-0.3, -0.25) is 0 Å². The monoisotopic (exact) mass is 374 g/mol. The number of hydrogen-bond acceptors (Lipinski definition) is 5. The summed E-state index contributed by atoms with van der Waals surface area (Å²) in [6.07, 6.45) is 0.641. The third-order valence-electron chi connectivity index (χ3n) is 5.65. The van der Waals surface area contributed by atoms with Gasteiger partial charge in [0.25, 0.3) is 0 Å². The normalized spacial score (nSPS) is 22.4. The summed E-state index contributed by atoms with van der Waals surface area (Å²) in [6, 6.07) is 24.0. The molecule has 2 aromatic carbocycles. The molecule has 0 unspecified atom stereocenters. The molecule has 1 aliphatic rings. The molecule has 1 aromatic heterocycles. The number of aliphatic hydroxyl groups is 1. The summed E-state index contributed by atoms with van der Waals surface area (Å²) in [4.78, 5) is 4.31. The zero-order chi connectivity index (χ0) is 19.6. The van der Waals surface area contributed by atoms with Crippen LogP contribution in [0.4, 0.5) is 5.82 Å². The van der Waals surface area contributed by atoms with Gasteiger partial charge in [-0.2, -0.15) is 0 Å². The maximum atomic E-state index is 11.5. The van der Waals surface area contributed by atoms with Crippen molar-refractivity contribution in [3.05, 3.63) is 78.4 Å². The van der Waals surface area contributed by atoms with Gasteiger partial charge in [0.2, 0.25) is 0 Å². The summed E-state index contributed by atoms with van der Waals surface area (Å²) in [7, 11) is 4.04. The van der Waals surface area contributed by atoms with Gasteiger partial charge >= 0.3 is 0 Å². The number of benzene rings is 2. The zero-order valence-corrected chi connectivity index (χ0v) is 16.4. The minimum absolute atomic E-state index is 0.0424. The van der Waals surface area contributed by atoms with E-state index in [-0.39, 0.29) is 6.04 Å². The van der Waals surface area contributed by atoms with Crippen molar-refractivity contribution in [3.8, 4) is 11.3 Å². The highest BCUT2D eigenvalue weighted by Gasteiger charge is 2.44. The molecule has 1 fully saturated rings. The predicted molar refractivity (Wildman–Crippen MR) is 112 cm³/mol. The average molecular weight is 374 g/mol. The Morgan fingerprint density at radius 3 is 2.21 bits per heavy atom. The summed E-state index contributed by atoms with van der Waals surface area (Å²) in [5, 5.41) is 20.4. The molecule has 2 atom stereocenters. The van der Waals surface area contributed by atoms with E-state index in [9.17, 15) is 5.11 Å². The van der Waals surface area contributed by atoms with Gasteiger partial charge in [0.15, 0.2) is 5.82 Å². The molecule has 28 heavy (non-hydrogen) atoms. The van der Waals surface area contributed by atoms with E-state index in [0.717, 1.165) is 29.2 Å². The largest absolute Gasteiger partial charge is 0.383 e. The fraction of sp³-hybridized carbons (Fsp3) is 0.304. The second kappa shape index (κ2) is 7.70. The van der Waals surface area contributed by atoms with Gasteiger partial charge in [-0.05, 0) is 38.2 Å². The Morgan fingerprint density at radius 2 is 1.61 bits per heavy atom. The minimum atomic E-state index is -0.876. The van der Waals surface area contributed by atoms with E-state index in [1.54, 1.807) is 0 Å². The van der Waals surface area contributed by atoms with Gasteiger partial charge in [-0.25, -0.2) is 0 Å². The third kappa shape index (κ3) is 3.51. The molecule has 1 N–H and O–H groups in total. The molecular formula is C23H26N4O. The summed E-state index contributed by atoms with van der Waals surface area (Å²) in [6.45, 7) is 1.42. The van der Waals surface area contributed by atoms with Crippen LogP contribution in [0.25, 0.3) is 11.3 Å². The van der Waals surface area contributed by atoms with Crippen LogP contribution in [0.5, 0.6) is 0 Å². The number of hydrogen-bond donors (Lipinski definition) is 1. The molecule has 5 nitrogen and oxygen atoms in total. The predicted octanol–water partition coefficient (Wildman–Crippen LogP) is 3.17. The van der Waals surface area contributed by atoms with E-state index in [2.05, 4.69) is 20.0 Å². The Labute approximate surface area is 166 Å². The Bertz CT molecular complexity index is 899. The molecule has 1 saturated heterocycles. The van der Waals surface area contributed by atoms with Crippen LogP contribution in [0, 0.1) is 0 Å². The van der Waals surface area contributed by atoms with E-state index in [0.29, 0.717) is 13.0 Å². The number of anilines is 1. The van der Waals surface area contributed by atoms with Gasteiger partial charge in [-0.1, -0.05) is 60.7 Å². The summed E-state index contributed by atoms with van der Waals surface area (Å²) in [5.74, 6) is 0.849. The SMILES string of the molecule is CN(C)[C@@H]1CN(c2ccc(-c3ccccc3)nn2)CC[C@]1(O)c1ccccc1. The van der Waals surface area contributed by atoms with Gasteiger partial charge in [-0.15, -0.1) is 10.2 Å². The summed E-state index contributed by atoms with van der Waals surface area (Å²) < 4.78 is 0. The molecule has 0 bridgehead atoms. The molecule has 0 spiro atoms. The Hall–Kier alpha value is -2.76. The number of piperidine rings is 1. The lowest BCUT2D eigenvalue weighted by Crippen LogP contribution is -2.59. The van der Waals surface area contributed by atoms with Gasteiger partial charge in [0.1, 0.15) is 5.60 Å². The number of aromatic nitrogens is 2. The van der Waals surface area contributed by atoms with Crippen molar-refractivity contribution in [2.75, 3.05) is 32.1 Å². The molecule has 1 aliphatic heterocycles. The second-order valence-corrected chi connectivity index (χ2v) is 7.61. The van der Waals surface area contributed by atoms with Crippen molar-refractivity contribution < 1.29 is 5.11 Å². The summed E-state index contributed by atoms with van der Waals surface area (Å²) in [5.41, 5.74) is 2.02. The van der Waals surface area contributed by atoms with Crippen LogP contribution in [-0.2, 0) is 5.60 Å². The van der Waals surface area contributed by atoms with Crippen LogP contribution in [0.1, 0.15) is 12.0 Å². The van der Waals surface area contributed by atoms with Crippen molar-refractivity contribution in [2.24, 2.45) is 0 Å². The van der Waals surface area contributed by atoms with Crippen LogP contribution in [0.2, 0.25) is 0 Å². The number of nitrogens with zero attached hydrogens (tertiary/aromatic N) is 4. The topological polar surface area (TPSA) is 52.5 Å². The molecular weight excluding hydrogens is 348 g/mol. The van der Waals surface area contributed by atoms with E-state index < -0.39 is 5.60 Å². The Morgan fingerprint density at radius 1 is 0.929 bits per heavy atom. The molecule has 0 amide bonds. The fourth-order valence-electron chi connectivity index (χ4n) is 4.04. The van der Waals surface area contributed by atoms with Crippen molar-refractivity contribution >= 4 is 5.82 Å². The number of rotatable bonds is 4. The molecule has 2 heterocycles. The van der Waals surface area contributed by atoms with Gasteiger partial charge < -0.3 is 14.9 Å². The molecule has 5 heteroatoms. The molecule has 0 saturated carbocycles. The molecule has 4 rings (SSSR count). The van der Waals surface area contributed by atoms with Crippen LogP contribution < -0.4 is 4.90 Å². The fourth-order valence-corrected chi connectivity index (χ4v) is 4.04. The first-order chi connectivity index (χ1) is 13.6. The smallest absolute Gasteiger partial charge is 0.151 e. The molecule has 144 valence electrons. The first kappa shape index (κ1) is 18.6. The van der Waals surface area contributed by atoms with E-state index >= 15 is 0 Å². The van der Waals surface area contributed by atoms with Crippen molar-refractivity contribution in [2.45, 2.75) is 18.1 Å². The quantitative estimate of drug-likeness (QED) is 0.760.